The number of carbonyl (C=O) groups is 1. The zero-order chi connectivity index (χ0) is 13.7. The monoisotopic (exact) mass is 252 g/mol. The van der Waals surface area contributed by atoms with Gasteiger partial charge in [0.1, 0.15) is 6.54 Å². The molecule has 1 amide bonds. The minimum atomic E-state index is 0.00350. The van der Waals surface area contributed by atoms with E-state index < -0.39 is 0 Å². The van der Waals surface area contributed by atoms with E-state index in [4.69, 9.17) is 5.73 Å². The van der Waals surface area contributed by atoms with Gasteiger partial charge >= 0.3 is 0 Å². The summed E-state index contributed by atoms with van der Waals surface area (Å²) >= 11 is 0. The first-order valence-corrected chi connectivity index (χ1v) is 6.45. The van der Waals surface area contributed by atoms with Crippen molar-refractivity contribution in [3.63, 3.8) is 0 Å². The van der Waals surface area contributed by atoms with Gasteiger partial charge < -0.3 is 15.6 Å². The highest BCUT2D eigenvalue weighted by Gasteiger charge is 2.19. The molecule has 18 heavy (non-hydrogen) atoms. The second-order valence-corrected chi connectivity index (χ2v) is 5.25. The minimum absolute atomic E-state index is 0.00350. The maximum Gasteiger partial charge on any atom is 0.240 e. The van der Waals surface area contributed by atoms with E-state index in [0.717, 1.165) is 5.69 Å². The van der Waals surface area contributed by atoms with Crippen molar-refractivity contribution in [2.45, 2.75) is 46.2 Å². The number of nitrogens with two attached hydrogens (primary N) is 1. The molecule has 0 saturated carbocycles. The van der Waals surface area contributed by atoms with Crippen LogP contribution in [0.2, 0.25) is 0 Å². The van der Waals surface area contributed by atoms with Crippen LogP contribution in [0.15, 0.2) is 12.5 Å². The lowest BCUT2D eigenvalue weighted by atomic mass is 9.93. The van der Waals surface area contributed by atoms with E-state index in [1.807, 2.05) is 18.4 Å². The summed E-state index contributed by atoms with van der Waals surface area (Å²) in [7, 11) is 0. The lowest BCUT2D eigenvalue weighted by molar-refractivity contribution is -0.122. The van der Waals surface area contributed by atoms with Crippen molar-refractivity contribution < 1.29 is 4.79 Å². The molecule has 0 bridgehead atoms. The molecule has 1 rings (SSSR count). The fourth-order valence-electron chi connectivity index (χ4n) is 2.03. The third kappa shape index (κ3) is 3.84. The molecule has 0 aliphatic rings. The molecule has 1 unspecified atom stereocenters. The van der Waals surface area contributed by atoms with Gasteiger partial charge in [-0.05, 0) is 19.8 Å². The summed E-state index contributed by atoms with van der Waals surface area (Å²) in [6, 6.07) is 0.153. The second-order valence-electron chi connectivity index (χ2n) is 5.25. The van der Waals surface area contributed by atoms with E-state index in [-0.39, 0.29) is 17.9 Å². The Morgan fingerprint density at radius 1 is 1.44 bits per heavy atom. The molecule has 5 heteroatoms. The number of carbonyl (C=O) groups excluding carboxylic acids is 1. The molecule has 0 spiro atoms. The topological polar surface area (TPSA) is 72.9 Å². The summed E-state index contributed by atoms with van der Waals surface area (Å²) in [5.74, 6) is 0.668. The number of nitrogens with zero attached hydrogens (tertiary/aromatic N) is 2. The second kappa shape index (κ2) is 6.54. The van der Waals surface area contributed by atoms with Crippen LogP contribution in [0.25, 0.3) is 0 Å². The Hall–Kier alpha value is -1.36. The number of rotatable bonds is 6. The van der Waals surface area contributed by atoms with Crippen molar-refractivity contribution in [1.29, 1.82) is 0 Å². The van der Waals surface area contributed by atoms with E-state index in [1.54, 1.807) is 12.5 Å². The zero-order valence-electron chi connectivity index (χ0n) is 11.7. The van der Waals surface area contributed by atoms with Crippen molar-refractivity contribution in [2.75, 3.05) is 6.54 Å². The fourth-order valence-corrected chi connectivity index (χ4v) is 2.03. The highest BCUT2D eigenvalue weighted by molar-refractivity contribution is 5.76. The van der Waals surface area contributed by atoms with Crippen molar-refractivity contribution in [3.05, 3.63) is 18.2 Å². The molecule has 102 valence electrons. The van der Waals surface area contributed by atoms with Gasteiger partial charge in [-0.25, -0.2) is 4.98 Å². The first kappa shape index (κ1) is 14.7. The summed E-state index contributed by atoms with van der Waals surface area (Å²) in [5.41, 5.74) is 6.84. The lowest BCUT2D eigenvalue weighted by Crippen LogP contribution is -2.34. The van der Waals surface area contributed by atoms with Gasteiger partial charge in [-0.3, -0.25) is 4.79 Å². The predicted molar refractivity (Wildman–Crippen MR) is 72.1 cm³/mol. The minimum Gasteiger partial charge on any atom is -0.352 e. The van der Waals surface area contributed by atoms with Crippen LogP contribution in [0.1, 0.15) is 39.3 Å². The molecule has 0 aliphatic heterocycles. The van der Waals surface area contributed by atoms with Crippen LogP contribution in [0.4, 0.5) is 0 Å². The van der Waals surface area contributed by atoms with E-state index in [1.165, 1.54) is 0 Å². The van der Waals surface area contributed by atoms with Gasteiger partial charge in [0.25, 0.3) is 0 Å². The maximum absolute atomic E-state index is 11.8. The van der Waals surface area contributed by atoms with Crippen molar-refractivity contribution in [1.82, 2.24) is 14.9 Å². The van der Waals surface area contributed by atoms with Gasteiger partial charge in [0.2, 0.25) is 5.91 Å². The maximum atomic E-state index is 11.8. The fraction of sp³-hybridized carbons (Fsp3) is 0.692. The number of hydrogen-bond donors (Lipinski definition) is 2. The van der Waals surface area contributed by atoms with Crippen LogP contribution in [-0.2, 0) is 11.3 Å². The van der Waals surface area contributed by atoms with Crippen molar-refractivity contribution in [3.8, 4) is 0 Å². The summed E-state index contributed by atoms with van der Waals surface area (Å²) in [6.45, 7) is 9.02. The number of aromatic nitrogens is 2. The van der Waals surface area contributed by atoms with Gasteiger partial charge in [-0.2, -0.15) is 0 Å². The first-order valence-electron chi connectivity index (χ1n) is 6.45. The standard InChI is InChI=1S/C13H24N4O/c1-9(2)11(5-14)12-6-15-8-17(12)7-13(18)16-10(3)4/h6,8-11H,5,7,14H2,1-4H3,(H,16,18). The number of imidazole rings is 1. The van der Waals surface area contributed by atoms with E-state index in [2.05, 4.69) is 24.1 Å². The first-order chi connectivity index (χ1) is 8.45. The molecular weight excluding hydrogens is 228 g/mol. The summed E-state index contributed by atoms with van der Waals surface area (Å²) < 4.78 is 1.88. The zero-order valence-corrected chi connectivity index (χ0v) is 11.7. The molecule has 1 heterocycles. The third-order valence-electron chi connectivity index (χ3n) is 2.95. The van der Waals surface area contributed by atoms with Crippen LogP contribution in [0.3, 0.4) is 0 Å². The predicted octanol–water partition coefficient (Wildman–Crippen LogP) is 1.11. The summed E-state index contributed by atoms with van der Waals surface area (Å²) in [4.78, 5) is 15.9. The Morgan fingerprint density at radius 3 is 2.61 bits per heavy atom. The van der Waals surface area contributed by atoms with Gasteiger partial charge in [-0.15, -0.1) is 0 Å². The summed E-state index contributed by atoms with van der Waals surface area (Å²) in [5, 5.41) is 2.88. The van der Waals surface area contributed by atoms with Crippen LogP contribution >= 0.6 is 0 Å². The van der Waals surface area contributed by atoms with Gasteiger partial charge in [0.05, 0.1) is 6.33 Å². The Morgan fingerprint density at radius 2 is 2.11 bits per heavy atom. The van der Waals surface area contributed by atoms with Crippen LogP contribution in [0.5, 0.6) is 0 Å². The van der Waals surface area contributed by atoms with Crippen LogP contribution < -0.4 is 11.1 Å². The van der Waals surface area contributed by atoms with Crippen molar-refractivity contribution >= 4 is 5.91 Å². The SMILES string of the molecule is CC(C)NC(=O)Cn1cncc1C(CN)C(C)C. The largest absolute Gasteiger partial charge is 0.352 e. The smallest absolute Gasteiger partial charge is 0.240 e. The molecule has 3 N–H and O–H groups in total. The lowest BCUT2D eigenvalue weighted by Gasteiger charge is -2.20. The molecule has 0 radical (unpaired) electrons. The third-order valence-corrected chi connectivity index (χ3v) is 2.95. The molecule has 1 atom stereocenters. The molecule has 1 aromatic heterocycles. The van der Waals surface area contributed by atoms with Gasteiger partial charge in [0, 0.05) is 30.4 Å². The number of nitrogens with one attached hydrogen (secondary N) is 1. The molecule has 0 aromatic carbocycles. The Balaban J connectivity index is 2.79. The number of amides is 1. The van der Waals surface area contributed by atoms with E-state index in [9.17, 15) is 4.79 Å². The van der Waals surface area contributed by atoms with E-state index in [0.29, 0.717) is 19.0 Å². The normalized spacial score (nSPS) is 13.1. The quantitative estimate of drug-likeness (QED) is 0.796. The molecule has 0 saturated heterocycles. The van der Waals surface area contributed by atoms with Gasteiger partial charge in [0.15, 0.2) is 0 Å². The Labute approximate surface area is 109 Å². The number of hydrogen-bond acceptors (Lipinski definition) is 3. The molecule has 0 fully saturated rings. The average molecular weight is 252 g/mol. The van der Waals surface area contributed by atoms with Crippen LogP contribution in [0, 0.1) is 5.92 Å². The Bertz CT molecular complexity index is 384. The van der Waals surface area contributed by atoms with Crippen molar-refractivity contribution in [2.24, 2.45) is 11.7 Å². The molecule has 1 aromatic rings. The highest BCUT2D eigenvalue weighted by atomic mass is 16.2. The average Bonchev–Trinajstić information content (AvgIpc) is 2.65. The molecule has 5 nitrogen and oxygen atoms in total. The summed E-state index contributed by atoms with van der Waals surface area (Å²) in [6.07, 6.45) is 3.50. The molecular formula is C13H24N4O. The highest BCUT2D eigenvalue weighted by Crippen LogP contribution is 2.22. The van der Waals surface area contributed by atoms with Gasteiger partial charge in [-0.1, -0.05) is 13.8 Å². The molecule has 0 aliphatic carbocycles. The Kier molecular flexibility index (Phi) is 5.34. The van der Waals surface area contributed by atoms with Crippen LogP contribution in [-0.4, -0.2) is 28.0 Å². The van der Waals surface area contributed by atoms with E-state index >= 15 is 0 Å².